The van der Waals surface area contributed by atoms with E-state index in [1.54, 1.807) is 23.3 Å². The molecule has 1 aliphatic carbocycles. The molecule has 0 bridgehead atoms. The summed E-state index contributed by atoms with van der Waals surface area (Å²) < 4.78 is 8.19. The van der Waals surface area contributed by atoms with Gasteiger partial charge in [0.25, 0.3) is 5.91 Å². The summed E-state index contributed by atoms with van der Waals surface area (Å²) in [6.07, 6.45) is 4.32. The van der Waals surface area contributed by atoms with Gasteiger partial charge in [-0.15, -0.1) is 11.3 Å². The van der Waals surface area contributed by atoms with Crippen LogP contribution >= 0.6 is 11.3 Å². The number of fused-ring (bicyclic) bond motifs is 1. The van der Waals surface area contributed by atoms with Gasteiger partial charge < -0.3 is 19.5 Å². The van der Waals surface area contributed by atoms with Crippen molar-refractivity contribution in [2.45, 2.75) is 52.1 Å². The summed E-state index contributed by atoms with van der Waals surface area (Å²) in [4.78, 5) is 28.3. The molecule has 0 aliphatic heterocycles. The Balaban J connectivity index is 1.57. The smallest absolute Gasteiger partial charge is 0.268 e. The topological polar surface area (TPSA) is 63.6 Å². The number of carbonyl (C=O) groups excluding carboxylic acids is 2. The molecule has 3 aromatic rings. The number of hydrogen-bond donors (Lipinski definition) is 1. The minimum atomic E-state index is -0.0924. The number of nitrogens with one attached hydrogen (secondary N) is 1. The molecule has 1 aliphatic rings. The number of amides is 2. The minimum absolute atomic E-state index is 0.0648. The number of aromatic nitrogens is 1. The number of benzene rings is 1. The predicted octanol–water partition coefficient (Wildman–Crippen LogP) is 5.07. The van der Waals surface area contributed by atoms with Crippen LogP contribution < -0.4 is 15.0 Å². The van der Waals surface area contributed by atoms with Crippen molar-refractivity contribution in [3.63, 3.8) is 0 Å². The van der Waals surface area contributed by atoms with Gasteiger partial charge in [0.15, 0.2) is 0 Å². The SMILES string of the molecule is CCN(C(=O)Cn1c(C(=O)N[C@H]2CC[C@H](C)CC2)cc2sccc21)c1cccc(OC)c1. The molecule has 6 nitrogen and oxygen atoms in total. The first kappa shape index (κ1) is 22.4. The van der Waals surface area contributed by atoms with Gasteiger partial charge in [0.2, 0.25) is 5.91 Å². The molecular weight excluding hydrogens is 422 g/mol. The van der Waals surface area contributed by atoms with Gasteiger partial charge in [-0.25, -0.2) is 0 Å². The van der Waals surface area contributed by atoms with Gasteiger partial charge in [-0.05, 0) is 68.2 Å². The second-order valence-corrected chi connectivity index (χ2v) is 9.50. The summed E-state index contributed by atoms with van der Waals surface area (Å²) in [5, 5.41) is 5.21. The second-order valence-electron chi connectivity index (χ2n) is 8.56. The zero-order valence-corrected chi connectivity index (χ0v) is 19.8. The van der Waals surface area contributed by atoms with Crippen LogP contribution in [0, 0.1) is 5.92 Å². The van der Waals surface area contributed by atoms with E-state index < -0.39 is 0 Å². The van der Waals surface area contributed by atoms with Crippen LogP contribution in [0.25, 0.3) is 10.2 Å². The lowest BCUT2D eigenvalue weighted by molar-refractivity contribution is -0.119. The minimum Gasteiger partial charge on any atom is -0.497 e. The molecular formula is C25H31N3O3S. The van der Waals surface area contributed by atoms with E-state index in [1.165, 1.54) is 0 Å². The number of hydrogen-bond acceptors (Lipinski definition) is 4. The lowest BCUT2D eigenvalue weighted by Gasteiger charge is -2.27. The van der Waals surface area contributed by atoms with Crippen molar-refractivity contribution in [3.05, 3.63) is 47.5 Å². The summed E-state index contributed by atoms with van der Waals surface area (Å²) in [5.74, 6) is 1.28. The zero-order valence-electron chi connectivity index (χ0n) is 19.0. The van der Waals surface area contributed by atoms with Gasteiger partial charge in [0, 0.05) is 24.3 Å². The molecule has 0 atom stereocenters. The van der Waals surface area contributed by atoms with E-state index in [-0.39, 0.29) is 24.4 Å². The second kappa shape index (κ2) is 9.77. The normalized spacial score (nSPS) is 18.5. The van der Waals surface area contributed by atoms with Crippen LogP contribution in [0.2, 0.25) is 0 Å². The summed E-state index contributed by atoms with van der Waals surface area (Å²) >= 11 is 1.59. The molecule has 1 N–H and O–H groups in total. The van der Waals surface area contributed by atoms with Crippen LogP contribution in [0.4, 0.5) is 5.69 Å². The van der Waals surface area contributed by atoms with Crippen molar-refractivity contribution in [3.8, 4) is 5.75 Å². The molecule has 1 fully saturated rings. The third kappa shape index (κ3) is 4.67. The lowest BCUT2D eigenvalue weighted by Crippen LogP contribution is -2.39. The van der Waals surface area contributed by atoms with Crippen molar-refractivity contribution in [1.29, 1.82) is 0 Å². The maximum Gasteiger partial charge on any atom is 0.268 e. The summed E-state index contributed by atoms with van der Waals surface area (Å²) in [6.45, 7) is 4.85. The van der Waals surface area contributed by atoms with Crippen LogP contribution in [0.1, 0.15) is 50.0 Å². The fraction of sp³-hybridized carbons (Fsp3) is 0.440. The number of rotatable bonds is 7. The Hall–Kier alpha value is -2.80. The van der Waals surface area contributed by atoms with E-state index in [1.807, 2.05) is 53.3 Å². The molecule has 2 heterocycles. The first-order valence-corrected chi connectivity index (χ1v) is 12.2. The van der Waals surface area contributed by atoms with Gasteiger partial charge in [0.1, 0.15) is 18.0 Å². The monoisotopic (exact) mass is 453 g/mol. The number of thiophene rings is 1. The van der Waals surface area contributed by atoms with E-state index in [0.717, 1.165) is 47.5 Å². The van der Waals surface area contributed by atoms with Crippen molar-refractivity contribution in [2.75, 3.05) is 18.6 Å². The molecule has 32 heavy (non-hydrogen) atoms. The Morgan fingerprint density at radius 3 is 2.69 bits per heavy atom. The molecule has 2 amide bonds. The van der Waals surface area contributed by atoms with Crippen molar-refractivity contribution in [2.24, 2.45) is 5.92 Å². The number of methoxy groups -OCH3 is 1. The molecule has 0 radical (unpaired) electrons. The summed E-state index contributed by atoms with van der Waals surface area (Å²) in [7, 11) is 1.61. The van der Waals surface area contributed by atoms with Crippen LogP contribution in [0.5, 0.6) is 5.75 Å². The quantitative estimate of drug-likeness (QED) is 0.543. The highest BCUT2D eigenvalue weighted by atomic mass is 32.1. The van der Waals surface area contributed by atoms with E-state index in [2.05, 4.69) is 12.2 Å². The Morgan fingerprint density at radius 2 is 1.97 bits per heavy atom. The van der Waals surface area contributed by atoms with Crippen molar-refractivity contribution >= 4 is 39.1 Å². The van der Waals surface area contributed by atoms with E-state index in [0.29, 0.717) is 18.0 Å². The Kier molecular flexibility index (Phi) is 6.84. The van der Waals surface area contributed by atoms with Gasteiger partial charge in [-0.1, -0.05) is 13.0 Å². The van der Waals surface area contributed by atoms with E-state index in [4.69, 9.17) is 4.74 Å². The average Bonchev–Trinajstić information content (AvgIpc) is 3.39. The molecule has 7 heteroatoms. The average molecular weight is 454 g/mol. The first-order chi connectivity index (χ1) is 15.5. The van der Waals surface area contributed by atoms with Gasteiger partial charge in [-0.2, -0.15) is 0 Å². The Morgan fingerprint density at radius 1 is 1.19 bits per heavy atom. The van der Waals surface area contributed by atoms with Crippen LogP contribution in [0.3, 0.4) is 0 Å². The number of likely N-dealkylation sites (N-methyl/N-ethyl adjacent to an activating group) is 1. The maximum atomic E-state index is 13.3. The summed E-state index contributed by atoms with van der Waals surface area (Å²) in [6, 6.07) is 11.6. The van der Waals surface area contributed by atoms with Crippen LogP contribution in [-0.4, -0.2) is 36.1 Å². The molecule has 0 unspecified atom stereocenters. The highest BCUT2D eigenvalue weighted by Gasteiger charge is 2.25. The van der Waals surface area contributed by atoms with Crippen LogP contribution in [0.15, 0.2) is 41.8 Å². The molecule has 1 saturated carbocycles. The number of anilines is 1. The maximum absolute atomic E-state index is 13.3. The van der Waals surface area contributed by atoms with E-state index in [9.17, 15) is 9.59 Å². The molecule has 0 spiro atoms. The van der Waals surface area contributed by atoms with Gasteiger partial charge in [0.05, 0.1) is 17.3 Å². The fourth-order valence-electron chi connectivity index (χ4n) is 4.50. The van der Waals surface area contributed by atoms with E-state index >= 15 is 0 Å². The first-order valence-electron chi connectivity index (χ1n) is 11.3. The zero-order chi connectivity index (χ0) is 22.7. The number of ether oxygens (including phenoxy) is 1. The van der Waals surface area contributed by atoms with Crippen molar-refractivity contribution < 1.29 is 14.3 Å². The molecule has 170 valence electrons. The number of nitrogens with zero attached hydrogens (tertiary/aromatic N) is 2. The lowest BCUT2D eigenvalue weighted by atomic mass is 9.87. The predicted molar refractivity (Wildman–Crippen MR) is 130 cm³/mol. The molecule has 4 rings (SSSR count). The molecule has 0 saturated heterocycles. The Labute approximate surface area is 193 Å². The van der Waals surface area contributed by atoms with Gasteiger partial charge in [-0.3, -0.25) is 9.59 Å². The van der Waals surface area contributed by atoms with Gasteiger partial charge >= 0.3 is 0 Å². The number of carbonyl (C=O) groups is 2. The highest BCUT2D eigenvalue weighted by molar-refractivity contribution is 7.17. The summed E-state index contributed by atoms with van der Waals surface area (Å²) in [5.41, 5.74) is 2.26. The third-order valence-electron chi connectivity index (χ3n) is 6.38. The fourth-order valence-corrected chi connectivity index (χ4v) is 5.32. The standard InChI is InChI=1S/C25H31N3O3S/c1-4-27(19-6-5-7-20(14-19)31-3)24(29)16-28-21-12-13-32-23(21)15-22(28)25(30)26-18-10-8-17(2)9-11-18/h5-7,12-15,17-18H,4,8-11,16H2,1-3H3,(H,26,30)/t17-,18-. The molecule has 1 aromatic carbocycles. The third-order valence-corrected chi connectivity index (χ3v) is 7.24. The largest absolute Gasteiger partial charge is 0.497 e. The Bertz CT molecular complexity index is 1090. The molecule has 2 aromatic heterocycles. The van der Waals surface area contributed by atoms with Crippen molar-refractivity contribution in [1.82, 2.24) is 9.88 Å². The van der Waals surface area contributed by atoms with Crippen LogP contribution in [-0.2, 0) is 11.3 Å². The highest BCUT2D eigenvalue weighted by Crippen LogP contribution is 2.28.